The number of amides is 1. The van der Waals surface area contributed by atoms with E-state index in [-0.39, 0.29) is 11.9 Å². The molecule has 0 aliphatic heterocycles. The number of anilines is 1. The molecule has 2 aromatic heterocycles. The summed E-state index contributed by atoms with van der Waals surface area (Å²) in [5.74, 6) is -0.0211. The van der Waals surface area contributed by atoms with E-state index in [2.05, 4.69) is 15.7 Å². The molecule has 0 fully saturated rings. The van der Waals surface area contributed by atoms with Crippen molar-refractivity contribution in [3.8, 4) is 0 Å². The van der Waals surface area contributed by atoms with Gasteiger partial charge in [0.25, 0.3) is 0 Å². The summed E-state index contributed by atoms with van der Waals surface area (Å²) in [5, 5.41) is 12.0. The molecule has 0 saturated heterocycles. The molecule has 0 aromatic carbocycles. The highest BCUT2D eigenvalue weighted by molar-refractivity contribution is 7.09. The molecule has 0 bridgehead atoms. The second-order valence-corrected chi connectivity index (χ2v) is 5.10. The van der Waals surface area contributed by atoms with Crippen molar-refractivity contribution in [3.63, 3.8) is 0 Å². The van der Waals surface area contributed by atoms with Crippen molar-refractivity contribution in [2.24, 2.45) is 7.05 Å². The van der Waals surface area contributed by atoms with Gasteiger partial charge in [-0.05, 0) is 18.4 Å². The van der Waals surface area contributed by atoms with Crippen molar-refractivity contribution in [1.82, 2.24) is 15.1 Å². The van der Waals surface area contributed by atoms with Crippen LogP contribution in [0.4, 0.5) is 5.69 Å². The van der Waals surface area contributed by atoms with Crippen LogP contribution in [0, 0.1) is 0 Å². The van der Waals surface area contributed by atoms with Crippen molar-refractivity contribution in [3.05, 3.63) is 34.8 Å². The summed E-state index contributed by atoms with van der Waals surface area (Å²) in [4.78, 5) is 13.0. The quantitative estimate of drug-likeness (QED) is 0.862. The predicted octanol–water partition coefficient (Wildman–Crippen LogP) is 1.60. The number of aryl methyl sites for hydroxylation is 1. The Hall–Kier alpha value is -1.82. The van der Waals surface area contributed by atoms with Crippen LogP contribution in [0.3, 0.4) is 0 Å². The van der Waals surface area contributed by atoms with Crippen molar-refractivity contribution in [1.29, 1.82) is 0 Å². The molecule has 2 aromatic rings. The molecule has 18 heavy (non-hydrogen) atoms. The topological polar surface area (TPSA) is 59.0 Å². The zero-order chi connectivity index (χ0) is 13.0. The average molecular weight is 264 g/mol. The normalized spacial score (nSPS) is 12.1. The Bertz CT molecular complexity index is 506. The van der Waals surface area contributed by atoms with Crippen LogP contribution >= 0.6 is 11.3 Å². The van der Waals surface area contributed by atoms with Gasteiger partial charge in [0.15, 0.2) is 0 Å². The van der Waals surface area contributed by atoms with Crippen molar-refractivity contribution in [2.45, 2.75) is 19.5 Å². The minimum absolute atomic E-state index is 0.0211. The summed E-state index contributed by atoms with van der Waals surface area (Å²) in [5.41, 5.74) is 0.844. The Labute approximate surface area is 110 Å². The second kappa shape index (κ2) is 5.68. The third-order valence-corrected chi connectivity index (χ3v) is 3.37. The Morgan fingerprint density at radius 2 is 2.44 bits per heavy atom. The van der Waals surface area contributed by atoms with E-state index in [1.165, 1.54) is 0 Å². The summed E-state index contributed by atoms with van der Waals surface area (Å²) in [6, 6.07) is 3.70. The maximum absolute atomic E-state index is 11.9. The Balaban J connectivity index is 1.81. The van der Waals surface area contributed by atoms with Gasteiger partial charge < -0.3 is 10.6 Å². The van der Waals surface area contributed by atoms with Crippen LogP contribution in [-0.2, 0) is 18.4 Å². The Morgan fingerprint density at radius 1 is 1.61 bits per heavy atom. The molecule has 5 nitrogen and oxygen atoms in total. The van der Waals surface area contributed by atoms with Crippen molar-refractivity contribution >= 4 is 22.9 Å². The molecule has 0 saturated carbocycles. The molecule has 6 heteroatoms. The number of thiophene rings is 1. The van der Waals surface area contributed by atoms with Gasteiger partial charge in [-0.2, -0.15) is 5.10 Å². The minimum Gasteiger partial charge on any atom is -0.371 e. The van der Waals surface area contributed by atoms with E-state index in [1.54, 1.807) is 22.2 Å². The van der Waals surface area contributed by atoms with E-state index < -0.39 is 0 Å². The standard InChI is InChI=1S/C12H16N4OS/c1-9(15-10-6-14-16(2)8-10)12(17)13-7-11-4-3-5-18-11/h3-6,8-9,15H,7H2,1-2H3,(H,13,17). The highest BCUT2D eigenvalue weighted by Gasteiger charge is 2.12. The van der Waals surface area contributed by atoms with Crippen LogP contribution in [0.2, 0.25) is 0 Å². The number of nitrogens with zero attached hydrogens (tertiary/aromatic N) is 2. The van der Waals surface area contributed by atoms with Crippen LogP contribution in [0.1, 0.15) is 11.8 Å². The zero-order valence-corrected chi connectivity index (χ0v) is 11.2. The van der Waals surface area contributed by atoms with E-state index in [0.29, 0.717) is 6.54 Å². The SMILES string of the molecule is CC(Nc1cnn(C)c1)C(=O)NCc1cccs1. The van der Waals surface area contributed by atoms with Crippen molar-refractivity contribution in [2.75, 3.05) is 5.32 Å². The largest absolute Gasteiger partial charge is 0.371 e. The van der Waals surface area contributed by atoms with E-state index >= 15 is 0 Å². The lowest BCUT2D eigenvalue weighted by molar-refractivity contribution is -0.121. The van der Waals surface area contributed by atoms with E-state index in [1.807, 2.05) is 37.7 Å². The van der Waals surface area contributed by atoms with Gasteiger partial charge in [0.05, 0.1) is 18.4 Å². The molecule has 1 atom stereocenters. The van der Waals surface area contributed by atoms with E-state index in [0.717, 1.165) is 10.6 Å². The maximum atomic E-state index is 11.9. The van der Waals surface area contributed by atoms with Gasteiger partial charge in [0.2, 0.25) is 5.91 Å². The number of rotatable bonds is 5. The molecule has 1 unspecified atom stereocenters. The minimum atomic E-state index is -0.283. The fourth-order valence-electron chi connectivity index (χ4n) is 1.55. The van der Waals surface area contributed by atoms with E-state index in [4.69, 9.17) is 0 Å². The first-order chi connectivity index (χ1) is 8.65. The molecule has 0 radical (unpaired) electrons. The molecular weight excluding hydrogens is 248 g/mol. The summed E-state index contributed by atoms with van der Waals surface area (Å²) >= 11 is 1.64. The maximum Gasteiger partial charge on any atom is 0.242 e. The lowest BCUT2D eigenvalue weighted by atomic mass is 10.3. The molecule has 2 N–H and O–H groups in total. The van der Waals surface area contributed by atoms with Crippen LogP contribution < -0.4 is 10.6 Å². The van der Waals surface area contributed by atoms with Crippen molar-refractivity contribution < 1.29 is 4.79 Å². The lowest BCUT2D eigenvalue weighted by Crippen LogP contribution is -2.36. The summed E-state index contributed by atoms with van der Waals surface area (Å²) in [6.07, 6.45) is 3.53. The number of carbonyl (C=O) groups is 1. The predicted molar refractivity (Wildman–Crippen MR) is 72.5 cm³/mol. The fraction of sp³-hybridized carbons (Fsp3) is 0.333. The Kier molecular flexibility index (Phi) is 3.99. The molecule has 0 aliphatic rings. The van der Waals surface area contributed by atoms with Crippen LogP contribution in [0.15, 0.2) is 29.9 Å². The number of aromatic nitrogens is 2. The second-order valence-electron chi connectivity index (χ2n) is 4.07. The monoisotopic (exact) mass is 264 g/mol. The molecule has 1 amide bonds. The highest BCUT2D eigenvalue weighted by Crippen LogP contribution is 2.08. The molecule has 2 heterocycles. The third kappa shape index (κ3) is 3.33. The first kappa shape index (κ1) is 12.6. The highest BCUT2D eigenvalue weighted by atomic mass is 32.1. The van der Waals surface area contributed by atoms with Gasteiger partial charge in [-0.1, -0.05) is 6.07 Å². The van der Waals surface area contributed by atoms with Crippen LogP contribution in [0.5, 0.6) is 0 Å². The fourth-order valence-corrected chi connectivity index (χ4v) is 2.20. The van der Waals surface area contributed by atoms with E-state index in [9.17, 15) is 4.79 Å². The zero-order valence-electron chi connectivity index (χ0n) is 10.4. The van der Waals surface area contributed by atoms with Gasteiger partial charge in [0, 0.05) is 18.1 Å². The number of nitrogens with one attached hydrogen (secondary N) is 2. The van der Waals surface area contributed by atoms with Gasteiger partial charge in [-0.25, -0.2) is 0 Å². The summed E-state index contributed by atoms with van der Waals surface area (Å²) < 4.78 is 1.69. The number of hydrogen-bond acceptors (Lipinski definition) is 4. The molecule has 0 aliphatic carbocycles. The molecule has 2 rings (SSSR count). The summed E-state index contributed by atoms with van der Waals surface area (Å²) in [7, 11) is 1.84. The average Bonchev–Trinajstić information content (AvgIpc) is 2.97. The first-order valence-corrected chi connectivity index (χ1v) is 6.58. The third-order valence-electron chi connectivity index (χ3n) is 2.50. The molecular formula is C12H16N4OS. The number of hydrogen-bond donors (Lipinski definition) is 2. The van der Waals surface area contributed by atoms with Gasteiger partial charge >= 0.3 is 0 Å². The van der Waals surface area contributed by atoms with Gasteiger partial charge in [0.1, 0.15) is 6.04 Å². The molecule has 96 valence electrons. The van der Waals surface area contributed by atoms with Crippen LogP contribution in [-0.4, -0.2) is 21.7 Å². The van der Waals surface area contributed by atoms with Gasteiger partial charge in [-0.15, -0.1) is 11.3 Å². The van der Waals surface area contributed by atoms with Crippen LogP contribution in [0.25, 0.3) is 0 Å². The van der Waals surface area contributed by atoms with Gasteiger partial charge in [-0.3, -0.25) is 9.48 Å². The number of carbonyl (C=O) groups excluding carboxylic acids is 1. The Morgan fingerprint density at radius 3 is 3.06 bits per heavy atom. The molecule has 0 spiro atoms. The lowest BCUT2D eigenvalue weighted by Gasteiger charge is -2.13. The first-order valence-electron chi connectivity index (χ1n) is 5.70. The smallest absolute Gasteiger partial charge is 0.242 e. The summed E-state index contributed by atoms with van der Waals surface area (Å²) in [6.45, 7) is 2.41.